The second kappa shape index (κ2) is 6.16. The smallest absolute Gasteiger partial charge is 0.272 e. The van der Waals surface area contributed by atoms with Crippen LogP contribution in [0.1, 0.15) is 40.3 Å². The molecule has 0 saturated carbocycles. The summed E-state index contributed by atoms with van der Waals surface area (Å²) in [5.74, 6) is 0.121. The zero-order chi connectivity index (χ0) is 16.6. The van der Waals surface area contributed by atoms with Crippen LogP contribution >= 0.6 is 0 Å². The number of amides is 1. The Bertz CT molecular complexity index is 718. The first-order valence-electron chi connectivity index (χ1n) is 7.88. The van der Waals surface area contributed by atoms with Crippen LogP contribution in [-0.4, -0.2) is 50.6 Å². The standard InChI is InChI=1S/C16H23N5O2/c1-5-21-14(6-11(2)17-21)16(22)20-8-12-7-19(3)18-15(12)13(9-20)10-23-4/h6-7,13H,5,8-10H2,1-4H3/t13-/m1/s1. The average Bonchev–Trinajstić information content (AvgIpc) is 3.08. The highest BCUT2D eigenvalue weighted by Gasteiger charge is 2.32. The lowest BCUT2D eigenvalue weighted by atomic mass is 9.97. The van der Waals surface area contributed by atoms with Gasteiger partial charge in [0.15, 0.2) is 0 Å². The molecule has 3 rings (SSSR count). The number of hydrogen-bond acceptors (Lipinski definition) is 4. The molecule has 3 heterocycles. The van der Waals surface area contributed by atoms with Gasteiger partial charge in [-0.1, -0.05) is 0 Å². The van der Waals surface area contributed by atoms with Gasteiger partial charge in [-0.25, -0.2) is 0 Å². The summed E-state index contributed by atoms with van der Waals surface area (Å²) in [5.41, 5.74) is 3.64. The second-order valence-electron chi connectivity index (χ2n) is 6.04. The minimum Gasteiger partial charge on any atom is -0.384 e. The lowest BCUT2D eigenvalue weighted by Gasteiger charge is -2.31. The summed E-state index contributed by atoms with van der Waals surface area (Å²) in [4.78, 5) is 14.8. The molecule has 0 aliphatic carbocycles. The summed E-state index contributed by atoms with van der Waals surface area (Å²) in [6.45, 7) is 6.33. The van der Waals surface area contributed by atoms with Gasteiger partial charge in [-0.2, -0.15) is 10.2 Å². The van der Waals surface area contributed by atoms with E-state index in [0.717, 1.165) is 17.0 Å². The summed E-state index contributed by atoms with van der Waals surface area (Å²) < 4.78 is 8.90. The Morgan fingerprint density at radius 1 is 1.43 bits per heavy atom. The molecule has 0 radical (unpaired) electrons. The Morgan fingerprint density at radius 2 is 2.22 bits per heavy atom. The number of ether oxygens (including phenoxy) is 1. The number of aromatic nitrogens is 4. The van der Waals surface area contributed by atoms with Crippen LogP contribution < -0.4 is 0 Å². The highest BCUT2D eigenvalue weighted by atomic mass is 16.5. The molecule has 0 spiro atoms. The molecule has 0 saturated heterocycles. The van der Waals surface area contributed by atoms with Crippen LogP contribution in [0.25, 0.3) is 0 Å². The molecule has 124 valence electrons. The van der Waals surface area contributed by atoms with Gasteiger partial charge < -0.3 is 9.64 Å². The molecule has 1 amide bonds. The predicted molar refractivity (Wildman–Crippen MR) is 85.2 cm³/mol. The molecule has 1 aliphatic heterocycles. The van der Waals surface area contributed by atoms with E-state index in [1.807, 2.05) is 42.7 Å². The molecular formula is C16H23N5O2. The van der Waals surface area contributed by atoms with Crippen molar-refractivity contribution in [1.29, 1.82) is 0 Å². The average molecular weight is 317 g/mol. The molecule has 7 heteroatoms. The maximum Gasteiger partial charge on any atom is 0.272 e. The lowest BCUT2D eigenvalue weighted by Crippen LogP contribution is -2.40. The third-order valence-corrected chi connectivity index (χ3v) is 4.20. The van der Waals surface area contributed by atoms with E-state index in [1.54, 1.807) is 11.8 Å². The first kappa shape index (κ1) is 15.7. The normalized spacial score (nSPS) is 17.4. The minimum atomic E-state index is 0.0167. The monoisotopic (exact) mass is 317 g/mol. The van der Waals surface area contributed by atoms with E-state index in [1.165, 1.54) is 0 Å². The van der Waals surface area contributed by atoms with Gasteiger partial charge in [0.1, 0.15) is 5.69 Å². The molecule has 2 aromatic heterocycles. The van der Waals surface area contributed by atoms with Gasteiger partial charge >= 0.3 is 0 Å². The van der Waals surface area contributed by atoms with Crippen molar-refractivity contribution in [3.05, 3.63) is 34.9 Å². The SMILES string of the molecule is CCn1nc(C)cc1C(=O)N1Cc2cn(C)nc2[C@@H](COC)C1. The maximum atomic E-state index is 13.0. The molecule has 0 fully saturated rings. The highest BCUT2D eigenvalue weighted by molar-refractivity contribution is 5.93. The Hall–Kier alpha value is -2.15. The number of nitrogens with zero attached hydrogens (tertiary/aromatic N) is 5. The number of methoxy groups -OCH3 is 1. The van der Waals surface area contributed by atoms with E-state index in [4.69, 9.17) is 4.74 Å². The van der Waals surface area contributed by atoms with E-state index < -0.39 is 0 Å². The lowest BCUT2D eigenvalue weighted by molar-refractivity contribution is 0.0666. The van der Waals surface area contributed by atoms with Crippen LogP contribution in [-0.2, 0) is 24.9 Å². The largest absolute Gasteiger partial charge is 0.384 e. The van der Waals surface area contributed by atoms with E-state index in [0.29, 0.717) is 31.9 Å². The molecule has 1 atom stereocenters. The van der Waals surface area contributed by atoms with Crippen molar-refractivity contribution in [2.24, 2.45) is 7.05 Å². The van der Waals surface area contributed by atoms with Crippen LogP contribution in [0.5, 0.6) is 0 Å². The molecule has 23 heavy (non-hydrogen) atoms. The van der Waals surface area contributed by atoms with Gasteiger partial charge in [0.05, 0.1) is 18.0 Å². The van der Waals surface area contributed by atoms with Gasteiger partial charge in [-0.3, -0.25) is 14.2 Å². The second-order valence-corrected chi connectivity index (χ2v) is 6.04. The van der Waals surface area contributed by atoms with Crippen LogP contribution in [0.15, 0.2) is 12.3 Å². The third kappa shape index (κ3) is 2.88. The molecule has 0 unspecified atom stereocenters. The van der Waals surface area contributed by atoms with Crippen molar-refractivity contribution < 1.29 is 9.53 Å². The Morgan fingerprint density at radius 3 is 2.91 bits per heavy atom. The van der Waals surface area contributed by atoms with E-state index >= 15 is 0 Å². The highest BCUT2D eigenvalue weighted by Crippen LogP contribution is 2.28. The van der Waals surface area contributed by atoms with Gasteiger partial charge in [0, 0.05) is 51.5 Å². The Balaban J connectivity index is 1.90. The predicted octanol–water partition coefficient (Wildman–Crippen LogP) is 1.33. The number of hydrogen-bond donors (Lipinski definition) is 0. The number of aryl methyl sites for hydroxylation is 3. The summed E-state index contributed by atoms with van der Waals surface area (Å²) in [7, 11) is 3.59. The fraction of sp³-hybridized carbons (Fsp3) is 0.562. The van der Waals surface area contributed by atoms with E-state index in [2.05, 4.69) is 10.2 Å². The first-order valence-corrected chi connectivity index (χ1v) is 7.88. The molecule has 1 aliphatic rings. The number of carbonyl (C=O) groups is 1. The number of rotatable bonds is 4. The summed E-state index contributed by atoms with van der Waals surface area (Å²) in [5, 5.41) is 8.91. The summed E-state index contributed by atoms with van der Waals surface area (Å²) >= 11 is 0. The maximum absolute atomic E-state index is 13.0. The number of fused-ring (bicyclic) bond motifs is 1. The van der Waals surface area contributed by atoms with Gasteiger partial charge in [0.25, 0.3) is 5.91 Å². The van der Waals surface area contributed by atoms with Crippen molar-refractivity contribution in [3.63, 3.8) is 0 Å². The Labute approximate surface area is 135 Å². The molecule has 2 aromatic rings. The molecule has 0 bridgehead atoms. The number of carbonyl (C=O) groups excluding carboxylic acids is 1. The fourth-order valence-corrected chi connectivity index (χ4v) is 3.25. The molecule has 0 N–H and O–H groups in total. The van der Waals surface area contributed by atoms with Crippen LogP contribution in [0, 0.1) is 6.92 Å². The van der Waals surface area contributed by atoms with Crippen molar-refractivity contribution >= 4 is 5.91 Å². The summed E-state index contributed by atoms with van der Waals surface area (Å²) in [6.07, 6.45) is 1.99. The van der Waals surface area contributed by atoms with E-state index in [9.17, 15) is 4.79 Å². The van der Waals surface area contributed by atoms with Crippen molar-refractivity contribution in [3.8, 4) is 0 Å². The van der Waals surface area contributed by atoms with E-state index in [-0.39, 0.29) is 11.8 Å². The molecular weight excluding hydrogens is 294 g/mol. The topological polar surface area (TPSA) is 65.2 Å². The zero-order valence-corrected chi connectivity index (χ0v) is 14.1. The first-order chi connectivity index (χ1) is 11.0. The van der Waals surface area contributed by atoms with Crippen molar-refractivity contribution in [2.45, 2.75) is 32.9 Å². The molecule has 0 aromatic carbocycles. The van der Waals surface area contributed by atoms with Gasteiger partial charge in [-0.05, 0) is 19.9 Å². The van der Waals surface area contributed by atoms with Crippen LogP contribution in [0.4, 0.5) is 0 Å². The van der Waals surface area contributed by atoms with Crippen LogP contribution in [0.3, 0.4) is 0 Å². The summed E-state index contributed by atoms with van der Waals surface area (Å²) in [6, 6.07) is 1.86. The minimum absolute atomic E-state index is 0.0167. The van der Waals surface area contributed by atoms with Gasteiger partial charge in [0.2, 0.25) is 0 Å². The third-order valence-electron chi connectivity index (χ3n) is 4.20. The van der Waals surface area contributed by atoms with Gasteiger partial charge in [-0.15, -0.1) is 0 Å². The zero-order valence-electron chi connectivity index (χ0n) is 14.1. The molecule has 7 nitrogen and oxygen atoms in total. The van der Waals surface area contributed by atoms with Crippen LogP contribution in [0.2, 0.25) is 0 Å². The van der Waals surface area contributed by atoms with Crippen molar-refractivity contribution in [1.82, 2.24) is 24.5 Å². The van der Waals surface area contributed by atoms with Crippen molar-refractivity contribution in [2.75, 3.05) is 20.3 Å². The Kier molecular flexibility index (Phi) is 4.21. The fourth-order valence-electron chi connectivity index (χ4n) is 3.25. The quantitative estimate of drug-likeness (QED) is 0.853.